The van der Waals surface area contributed by atoms with E-state index >= 15 is 0 Å². The maximum absolute atomic E-state index is 12.8. The lowest BCUT2D eigenvalue weighted by atomic mass is 10.1. The highest BCUT2D eigenvalue weighted by molar-refractivity contribution is 7.89. The van der Waals surface area contributed by atoms with E-state index in [-0.39, 0.29) is 26.1 Å². The molecule has 29 heavy (non-hydrogen) atoms. The van der Waals surface area contributed by atoms with Crippen molar-refractivity contribution in [2.24, 2.45) is 0 Å². The molecule has 1 aromatic carbocycles. The SMILES string of the molecule is O=C1CC(N2CCN(S(=O)(=O)c3ccc(C(F)(F)F)cc3)[C@@H](C(=O)O)C2)C(=O)N1. The summed E-state index contributed by atoms with van der Waals surface area (Å²) in [5.41, 5.74) is -1.03. The van der Waals surface area contributed by atoms with Crippen LogP contribution in [0.15, 0.2) is 29.2 Å². The number of piperazine rings is 1. The quantitative estimate of drug-likeness (QED) is 0.632. The number of carboxylic acid groups (broad SMARTS) is 1. The van der Waals surface area contributed by atoms with E-state index in [9.17, 15) is 41.1 Å². The number of carbonyl (C=O) groups excluding carboxylic acids is 2. The lowest BCUT2D eigenvalue weighted by molar-refractivity contribution is -0.144. The fraction of sp³-hybridized carbons (Fsp3) is 0.438. The van der Waals surface area contributed by atoms with E-state index in [4.69, 9.17) is 0 Å². The van der Waals surface area contributed by atoms with Gasteiger partial charge >= 0.3 is 12.1 Å². The summed E-state index contributed by atoms with van der Waals surface area (Å²) in [5, 5.41) is 11.6. The maximum Gasteiger partial charge on any atom is 0.416 e. The van der Waals surface area contributed by atoms with Crippen LogP contribution in [0.2, 0.25) is 0 Å². The molecule has 3 rings (SSSR count). The monoisotopic (exact) mass is 435 g/mol. The Labute approximate surface area is 163 Å². The van der Waals surface area contributed by atoms with Crippen molar-refractivity contribution in [2.75, 3.05) is 19.6 Å². The third-order valence-corrected chi connectivity index (χ3v) is 6.74. The summed E-state index contributed by atoms with van der Waals surface area (Å²) in [6, 6.07) is 0.291. The first-order chi connectivity index (χ1) is 13.4. The highest BCUT2D eigenvalue weighted by atomic mass is 32.2. The van der Waals surface area contributed by atoms with Crippen LogP contribution in [0.5, 0.6) is 0 Å². The lowest BCUT2D eigenvalue weighted by Crippen LogP contribution is -2.60. The predicted molar refractivity (Wildman–Crippen MR) is 89.9 cm³/mol. The zero-order valence-corrected chi connectivity index (χ0v) is 15.5. The number of hydrogen-bond acceptors (Lipinski definition) is 6. The van der Waals surface area contributed by atoms with Crippen LogP contribution in [0, 0.1) is 0 Å². The van der Waals surface area contributed by atoms with Crippen molar-refractivity contribution in [3.8, 4) is 0 Å². The van der Waals surface area contributed by atoms with Gasteiger partial charge in [0.15, 0.2) is 0 Å². The summed E-state index contributed by atoms with van der Waals surface area (Å²) in [6.45, 7) is -0.673. The van der Waals surface area contributed by atoms with Gasteiger partial charge in [-0.25, -0.2) is 8.42 Å². The average molecular weight is 435 g/mol. The Morgan fingerprint density at radius 1 is 1.14 bits per heavy atom. The van der Waals surface area contributed by atoms with Crippen molar-refractivity contribution in [1.82, 2.24) is 14.5 Å². The summed E-state index contributed by atoms with van der Waals surface area (Å²) in [6.07, 6.45) is -4.80. The number of amides is 2. The molecule has 0 aliphatic carbocycles. The maximum atomic E-state index is 12.8. The number of sulfonamides is 1. The second-order valence-electron chi connectivity index (χ2n) is 6.62. The Balaban J connectivity index is 1.84. The normalized spacial score (nSPS) is 24.5. The van der Waals surface area contributed by atoms with E-state index in [1.807, 2.05) is 0 Å². The summed E-state index contributed by atoms with van der Waals surface area (Å²) in [4.78, 5) is 35.8. The van der Waals surface area contributed by atoms with Gasteiger partial charge in [-0.15, -0.1) is 0 Å². The highest BCUT2D eigenvalue weighted by Gasteiger charge is 2.45. The molecule has 2 saturated heterocycles. The molecule has 0 bridgehead atoms. The molecule has 2 aliphatic rings. The fourth-order valence-corrected chi connectivity index (χ4v) is 4.91. The van der Waals surface area contributed by atoms with Crippen molar-refractivity contribution in [1.29, 1.82) is 0 Å². The minimum Gasteiger partial charge on any atom is -0.480 e. The molecular weight excluding hydrogens is 419 g/mol. The van der Waals surface area contributed by atoms with Crippen molar-refractivity contribution in [3.63, 3.8) is 0 Å². The Morgan fingerprint density at radius 3 is 2.24 bits per heavy atom. The molecule has 0 spiro atoms. The molecule has 2 heterocycles. The first-order valence-corrected chi connectivity index (χ1v) is 9.85. The standard InChI is InChI=1S/C16H16F3N3O6S/c17-16(18,19)9-1-3-10(4-2-9)29(27,28)22-6-5-21(8-12(22)15(25)26)11-7-13(23)20-14(11)24/h1-4,11-12H,5-8H2,(H,25,26)(H,20,23,24)/t11?,12-/m1/s1. The van der Waals surface area contributed by atoms with Crippen LogP contribution in [0.4, 0.5) is 13.2 Å². The highest BCUT2D eigenvalue weighted by Crippen LogP contribution is 2.31. The number of carbonyl (C=O) groups is 3. The van der Waals surface area contributed by atoms with Crippen molar-refractivity contribution >= 4 is 27.8 Å². The molecule has 2 atom stereocenters. The summed E-state index contributed by atoms with van der Waals surface area (Å²) in [7, 11) is -4.40. The van der Waals surface area contributed by atoms with Gasteiger partial charge < -0.3 is 5.11 Å². The molecule has 13 heteroatoms. The van der Waals surface area contributed by atoms with Gasteiger partial charge in [0.2, 0.25) is 21.8 Å². The molecule has 1 aromatic rings. The van der Waals surface area contributed by atoms with E-state index < -0.39 is 56.5 Å². The topological polar surface area (TPSA) is 124 Å². The Bertz CT molecular complexity index is 948. The molecule has 0 aromatic heterocycles. The fourth-order valence-electron chi connectivity index (χ4n) is 3.35. The van der Waals surface area contributed by atoms with Crippen LogP contribution in [0.25, 0.3) is 0 Å². The number of rotatable bonds is 4. The molecule has 2 N–H and O–H groups in total. The lowest BCUT2D eigenvalue weighted by Gasteiger charge is -2.40. The third kappa shape index (κ3) is 4.11. The minimum absolute atomic E-state index is 0.0188. The van der Waals surface area contributed by atoms with Gasteiger partial charge in [-0.05, 0) is 24.3 Å². The van der Waals surface area contributed by atoms with Crippen molar-refractivity contribution in [2.45, 2.75) is 29.6 Å². The zero-order valence-electron chi connectivity index (χ0n) is 14.7. The predicted octanol–water partition coefficient (Wildman–Crippen LogP) is -0.120. The molecule has 158 valence electrons. The summed E-state index contributed by atoms with van der Waals surface area (Å²) < 4.78 is 64.4. The van der Waals surface area contributed by atoms with Crippen LogP contribution in [0.3, 0.4) is 0 Å². The number of nitrogens with zero attached hydrogens (tertiary/aromatic N) is 2. The molecule has 9 nitrogen and oxygen atoms in total. The zero-order chi connectivity index (χ0) is 21.6. The molecule has 1 unspecified atom stereocenters. The number of halogens is 3. The van der Waals surface area contributed by atoms with Gasteiger partial charge in [-0.3, -0.25) is 24.6 Å². The van der Waals surface area contributed by atoms with Gasteiger partial charge in [-0.2, -0.15) is 17.5 Å². The van der Waals surface area contributed by atoms with Crippen LogP contribution < -0.4 is 5.32 Å². The van der Waals surface area contributed by atoms with Crippen molar-refractivity contribution < 1.29 is 41.1 Å². The second kappa shape index (κ2) is 7.39. The smallest absolute Gasteiger partial charge is 0.416 e. The van der Waals surface area contributed by atoms with Gasteiger partial charge in [0, 0.05) is 19.6 Å². The van der Waals surface area contributed by atoms with Crippen molar-refractivity contribution in [3.05, 3.63) is 29.8 Å². The Hall–Kier alpha value is -2.51. The van der Waals surface area contributed by atoms with E-state index in [0.29, 0.717) is 16.4 Å². The summed E-state index contributed by atoms with van der Waals surface area (Å²) in [5.74, 6) is -2.57. The molecule has 2 fully saturated rings. The molecule has 2 amide bonds. The largest absolute Gasteiger partial charge is 0.480 e. The molecule has 0 radical (unpaired) electrons. The number of aliphatic carboxylic acids is 1. The van der Waals surface area contributed by atoms with Crippen LogP contribution >= 0.6 is 0 Å². The van der Waals surface area contributed by atoms with Crippen LogP contribution in [-0.2, 0) is 30.6 Å². The molecular formula is C16H16F3N3O6S. The van der Waals surface area contributed by atoms with Gasteiger partial charge in [0.05, 0.1) is 22.9 Å². The van der Waals surface area contributed by atoms with E-state index in [0.717, 1.165) is 12.1 Å². The van der Waals surface area contributed by atoms with Gasteiger partial charge in [-0.1, -0.05) is 0 Å². The van der Waals surface area contributed by atoms with Crippen LogP contribution in [0.1, 0.15) is 12.0 Å². The van der Waals surface area contributed by atoms with E-state index in [1.165, 1.54) is 4.90 Å². The third-order valence-electron chi connectivity index (χ3n) is 4.82. The average Bonchev–Trinajstić information content (AvgIpc) is 2.98. The van der Waals surface area contributed by atoms with Gasteiger partial charge in [0.1, 0.15) is 6.04 Å². The Kier molecular flexibility index (Phi) is 5.40. The number of hydrogen-bond donors (Lipinski definition) is 2. The molecule has 2 aliphatic heterocycles. The number of nitrogens with one attached hydrogen (secondary N) is 1. The number of imide groups is 1. The first kappa shape index (κ1) is 21.2. The molecule has 0 saturated carbocycles. The second-order valence-corrected chi connectivity index (χ2v) is 8.51. The van der Waals surface area contributed by atoms with E-state index in [2.05, 4.69) is 5.32 Å². The van der Waals surface area contributed by atoms with Crippen LogP contribution in [-0.4, -0.2) is 72.2 Å². The number of alkyl halides is 3. The first-order valence-electron chi connectivity index (χ1n) is 8.41. The Morgan fingerprint density at radius 2 is 1.76 bits per heavy atom. The van der Waals surface area contributed by atoms with E-state index in [1.54, 1.807) is 0 Å². The summed E-state index contributed by atoms with van der Waals surface area (Å²) >= 11 is 0. The van der Waals surface area contributed by atoms with Gasteiger partial charge in [0.25, 0.3) is 0 Å². The number of benzene rings is 1. The minimum atomic E-state index is -4.64. The number of carboxylic acids is 1.